The highest BCUT2D eigenvalue weighted by molar-refractivity contribution is 8.27. The Morgan fingerprint density at radius 2 is 1.69 bits per heavy atom. The van der Waals surface area contributed by atoms with E-state index >= 15 is 0 Å². The Balaban J connectivity index is 1.99. The van der Waals surface area contributed by atoms with Crippen molar-refractivity contribution in [3.05, 3.63) is 68.5 Å². The molecule has 1 aliphatic heterocycles. The maximum absolute atomic E-state index is 12.9. The number of alkyl halides is 3. The number of thioether (sulfide) groups is 1. The summed E-state index contributed by atoms with van der Waals surface area (Å²) in [7, 11) is 0. The molecule has 1 heterocycles. The van der Waals surface area contributed by atoms with Gasteiger partial charge < -0.3 is 0 Å². The summed E-state index contributed by atoms with van der Waals surface area (Å²) in [5.41, 5.74) is -0.362. The number of thiocarbonyl (C=S) groups is 1. The number of rotatable bonds is 2. The quantitative estimate of drug-likeness (QED) is 0.402. The first kappa shape index (κ1) is 19.2. The van der Waals surface area contributed by atoms with Crippen LogP contribution in [0.25, 0.3) is 6.08 Å². The molecule has 2 aromatic rings. The second-order valence-corrected chi connectivity index (χ2v) is 7.69. The van der Waals surface area contributed by atoms with E-state index in [0.717, 1.165) is 28.8 Å². The average molecular weight is 434 g/mol. The molecule has 2 nitrogen and oxygen atoms in total. The van der Waals surface area contributed by atoms with Crippen molar-refractivity contribution >= 4 is 69.2 Å². The lowest BCUT2D eigenvalue weighted by Crippen LogP contribution is -2.27. The van der Waals surface area contributed by atoms with E-state index in [1.54, 1.807) is 18.2 Å². The average Bonchev–Trinajstić information content (AvgIpc) is 2.84. The van der Waals surface area contributed by atoms with Gasteiger partial charge in [-0.1, -0.05) is 59.3 Å². The molecule has 0 saturated carbocycles. The Morgan fingerprint density at radius 3 is 2.31 bits per heavy atom. The summed E-state index contributed by atoms with van der Waals surface area (Å²) in [5.74, 6) is -0.532. The van der Waals surface area contributed by atoms with Crippen molar-refractivity contribution in [3.63, 3.8) is 0 Å². The van der Waals surface area contributed by atoms with Gasteiger partial charge in [0.05, 0.1) is 16.2 Å². The first-order chi connectivity index (χ1) is 12.2. The van der Waals surface area contributed by atoms with Crippen LogP contribution in [-0.4, -0.2) is 10.2 Å². The number of hydrogen-bond acceptors (Lipinski definition) is 3. The van der Waals surface area contributed by atoms with Crippen molar-refractivity contribution < 1.29 is 18.0 Å². The topological polar surface area (TPSA) is 20.3 Å². The summed E-state index contributed by atoms with van der Waals surface area (Å²) in [5, 5.41) is 0.698. The molecule has 0 spiro atoms. The van der Waals surface area contributed by atoms with Gasteiger partial charge in [0.2, 0.25) is 0 Å². The van der Waals surface area contributed by atoms with Crippen molar-refractivity contribution in [1.82, 2.24) is 0 Å². The van der Waals surface area contributed by atoms with Crippen molar-refractivity contribution in [2.75, 3.05) is 4.90 Å². The van der Waals surface area contributed by atoms with E-state index in [9.17, 15) is 18.0 Å². The summed E-state index contributed by atoms with van der Waals surface area (Å²) in [6.45, 7) is 0. The van der Waals surface area contributed by atoms with Gasteiger partial charge >= 0.3 is 6.18 Å². The molecule has 1 amide bonds. The lowest BCUT2D eigenvalue weighted by Gasteiger charge is -2.16. The number of anilines is 1. The molecule has 0 radical (unpaired) electrons. The Labute approximate surface area is 166 Å². The first-order valence-electron chi connectivity index (χ1n) is 7.07. The highest BCUT2D eigenvalue weighted by Crippen LogP contribution is 2.39. The van der Waals surface area contributed by atoms with Crippen LogP contribution < -0.4 is 4.90 Å². The molecule has 0 unspecified atom stereocenters. The summed E-state index contributed by atoms with van der Waals surface area (Å²) in [6.07, 6.45) is -3.03. The number of nitrogens with zero attached hydrogens (tertiary/aromatic N) is 1. The third-order valence-electron chi connectivity index (χ3n) is 3.50. The largest absolute Gasteiger partial charge is 0.416 e. The molecule has 0 bridgehead atoms. The fourth-order valence-corrected chi connectivity index (χ4v) is 4.08. The van der Waals surface area contributed by atoms with Crippen LogP contribution in [-0.2, 0) is 11.0 Å². The van der Waals surface area contributed by atoms with Crippen LogP contribution in [0.1, 0.15) is 11.1 Å². The van der Waals surface area contributed by atoms with Crippen LogP contribution in [0.2, 0.25) is 10.0 Å². The van der Waals surface area contributed by atoms with Gasteiger partial charge in [-0.05, 0) is 36.4 Å². The third-order valence-corrected chi connectivity index (χ3v) is 5.46. The smallest absolute Gasteiger partial charge is 0.268 e. The van der Waals surface area contributed by atoms with Crippen LogP contribution in [0.3, 0.4) is 0 Å². The zero-order valence-corrected chi connectivity index (χ0v) is 15.8. The second-order valence-electron chi connectivity index (χ2n) is 5.20. The highest BCUT2D eigenvalue weighted by atomic mass is 35.5. The Morgan fingerprint density at radius 1 is 1.08 bits per heavy atom. The minimum Gasteiger partial charge on any atom is -0.268 e. The van der Waals surface area contributed by atoms with Gasteiger partial charge in [0.1, 0.15) is 0 Å². The van der Waals surface area contributed by atoms with Crippen LogP contribution >= 0.6 is 47.2 Å². The van der Waals surface area contributed by atoms with E-state index in [0.29, 0.717) is 15.6 Å². The molecular formula is C17H8Cl2F3NOS2. The van der Waals surface area contributed by atoms with E-state index in [2.05, 4.69) is 0 Å². The molecule has 1 aliphatic rings. The fourth-order valence-electron chi connectivity index (χ4n) is 2.29. The van der Waals surface area contributed by atoms with Gasteiger partial charge in [-0.2, -0.15) is 13.2 Å². The minimum absolute atomic E-state index is 0.0518. The number of hydrogen-bond donors (Lipinski definition) is 0. The number of benzene rings is 2. The molecule has 2 aromatic carbocycles. The molecule has 0 N–H and O–H groups in total. The zero-order chi connectivity index (χ0) is 19.1. The monoisotopic (exact) mass is 433 g/mol. The molecule has 134 valence electrons. The van der Waals surface area contributed by atoms with E-state index in [4.69, 9.17) is 35.4 Å². The summed E-state index contributed by atoms with van der Waals surface area (Å²) in [6, 6.07) is 9.34. The molecule has 3 rings (SSSR count). The van der Waals surface area contributed by atoms with E-state index in [-0.39, 0.29) is 14.9 Å². The lowest BCUT2D eigenvalue weighted by atomic mass is 10.1. The Kier molecular flexibility index (Phi) is 5.35. The Hall–Kier alpha value is -1.54. The van der Waals surface area contributed by atoms with Crippen LogP contribution in [0.4, 0.5) is 18.9 Å². The van der Waals surface area contributed by atoms with Crippen LogP contribution in [0.5, 0.6) is 0 Å². The third kappa shape index (κ3) is 3.76. The molecular weight excluding hydrogens is 426 g/mol. The maximum Gasteiger partial charge on any atom is 0.416 e. The van der Waals surface area contributed by atoms with Gasteiger partial charge in [-0.15, -0.1) is 0 Å². The SMILES string of the molecule is O=C1/C(=C\c2c(Cl)cccc2Cl)SC(=S)N1c1cccc(C(F)(F)F)c1. The molecule has 26 heavy (non-hydrogen) atoms. The first-order valence-corrected chi connectivity index (χ1v) is 9.06. The van der Waals surface area contributed by atoms with E-state index in [1.165, 1.54) is 18.2 Å². The van der Waals surface area contributed by atoms with E-state index in [1.807, 2.05) is 0 Å². The molecule has 9 heteroatoms. The molecule has 0 aromatic heterocycles. The van der Waals surface area contributed by atoms with Crippen LogP contribution in [0, 0.1) is 0 Å². The Bertz CT molecular complexity index is 924. The number of carbonyl (C=O) groups excluding carboxylic acids is 1. The normalized spacial score (nSPS) is 16.7. The number of carbonyl (C=O) groups is 1. The minimum atomic E-state index is -4.52. The maximum atomic E-state index is 12.9. The highest BCUT2D eigenvalue weighted by Gasteiger charge is 2.36. The summed E-state index contributed by atoms with van der Waals surface area (Å²) < 4.78 is 38.9. The van der Waals surface area contributed by atoms with Gasteiger partial charge in [-0.3, -0.25) is 9.69 Å². The predicted octanol–water partition coefficient (Wildman–Crippen LogP) is 6.42. The summed E-state index contributed by atoms with van der Waals surface area (Å²) in [4.78, 5) is 14.0. The van der Waals surface area contributed by atoms with Crippen molar-refractivity contribution in [2.45, 2.75) is 6.18 Å². The van der Waals surface area contributed by atoms with Gasteiger partial charge in [0, 0.05) is 15.6 Å². The lowest BCUT2D eigenvalue weighted by molar-refractivity contribution is -0.137. The van der Waals surface area contributed by atoms with Gasteiger partial charge in [0.15, 0.2) is 4.32 Å². The molecule has 0 aliphatic carbocycles. The summed E-state index contributed by atoms with van der Waals surface area (Å²) >= 11 is 18.3. The van der Waals surface area contributed by atoms with Crippen molar-refractivity contribution in [2.24, 2.45) is 0 Å². The number of amides is 1. The van der Waals surface area contributed by atoms with Gasteiger partial charge in [-0.25, -0.2) is 0 Å². The standard InChI is InChI=1S/C17H8Cl2F3NOS2/c18-12-5-2-6-13(19)11(12)8-14-15(24)23(16(25)26-14)10-4-1-3-9(7-10)17(20,21)22/h1-8H/b14-8+. The number of halogens is 5. The molecule has 1 fully saturated rings. The molecule has 1 saturated heterocycles. The van der Waals surface area contributed by atoms with Crippen molar-refractivity contribution in [1.29, 1.82) is 0 Å². The van der Waals surface area contributed by atoms with E-state index < -0.39 is 17.6 Å². The molecule has 0 atom stereocenters. The second kappa shape index (κ2) is 7.23. The predicted molar refractivity (Wildman–Crippen MR) is 104 cm³/mol. The van der Waals surface area contributed by atoms with Crippen molar-refractivity contribution in [3.8, 4) is 0 Å². The van der Waals surface area contributed by atoms with Crippen LogP contribution in [0.15, 0.2) is 47.4 Å². The van der Waals surface area contributed by atoms with Gasteiger partial charge in [0.25, 0.3) is 5.91 Å². The fraction of sp³-hybridized carbons (Fsp3) is 0.0588. The zero-order valence-electron chi connectivity index (χ0n) is 12.7.